The summed E-state index contributed by atoms with van der Waals surface area (Å²) in [6.07, 6.45) is 6.26. The predicted molar refractivity (Wildman–Crippen MR) is 126 cm³/mol. The lowest BCUT2D eigenvalue weighted by atomic mass is 9.96. The van der Waals surface area contributed by atoms with Gasteiger partial charge in [0.2, 0.25) is 0 Å². The molecular weight excluding hydrogens is 412 g/mol. The maximum absolute atomic E-state index is 12.6. The molecule has 0 spiro atoms. The third-order valence-corrected chi connectivity index (χ3v) is 7.64. The SMILES string of the molecule is Cc1ccc(N2c3ccc(/C=C4\SC(=S)N(CC=O)C4=O)cc3C3CCCC32)cc1. The topological polar surface area (TPSA) is 40.6 Å². The molecule has 5 rings (SSSR count). The van der Waals surface area contributed by atoms with Crippen molar-refractivity contribution in [2.75, 3.05) is 11.4 Å². The van der Waals surface area contributed by atoms with E-state index in [1.807, 2.05) is 6.08 Å². The summed E-state index contributed by atoms with van der Waals surface area (Å²) in [5.41, 5.74) is 6.17. The first-order chi connectivity index (χ1) is 14.6. The van der Waals surface area contributed by atoms with Gasteiger partial charge in [0.1, 0.15) is 10.6 Å². The van der Waals surface area contributed by atoms with Crippen LogP contribution in [0.2, 0.25) is 0 Å². The third-order valence-electron chi connectivity index (χ3n) is 6.26. The Hall–Kier alpha value is -2.44. The number of aldehydes is 1. The number of hydrogen-bond acceptors (Lipinski definition) is 5. The molecule has 30 heavy (non-hydrogen) atoms. The fraction of sp³-hybridized carbons (Fsp3) is 0.292. The molecule has 3 aliphatic rings. The number of thiocarbonyl (C=S) groups is 1. The number of fused-ring (bicyclic) bond motifs is 3. The molecule has 0 radical (unpaired) electrons. The van der Waals surface area contributed by atoms with Crippen molar-refractivity contribution in [3.8, 4) is 0 Å². The van der Waals surface area contributed by atoms with Crippen molar-refractivity contribution in [3.05, 3.63) is 64.1 Å². The molecule has 2 fully saturated rings. The average molecular weight is 435 g/mol. The van der Waals surface area contributed by atoms with Crippen molar-refractivity contribution in [1.29, 1.82) is 0 Å². The van der Waals surface area contributed by atoms with Crippen LogP contribution >= 0.6 is 24.0 Å². The third kappa shape index (κ3) is 3.19. The summed E-state index contributed by atoms with van der Waals surface area (Å²) in [4.78, 5) is 27.8. The predicted octanol–water partition coefficient (Wildman–Crippen LogP) is 5.18. The molecule has 1 saturated heterocycles. The quantitative estimate of drug-likeness (QED) is 0.377. The number of anilines is 2. The Bertz CT molecular complexity index is 1080. The van der Waals surface area contributed by atoms with Crippen LogP contribution in [0.25, 0.3) is 6.08 Å². The highest BCUT2D eigenvalue weighted by atomic mass is 32.2. The minimum atomic E-state index is -0.183. The lowest BCUT2D eigenvalue weighted by Crippen LogP contribution is -2.29. The summed E-state index contributed by atoms with van der Waals surface area (Å²) in [6.45, 7) is 2.13. The summed E-state index contributed by atoms with van der Waals surface area (Å²) in [5, 5.41) is 0. The number of amides is 1. The Morgan fingerprint density at radius 3 is 2.73 bits per heavy atom. The molecule has 152 valence electrons. The molecule has 6 heteroatoms. The molecule has 2 aromatic carbocycles. The standard InChI is InChI=1S/C24H22N2O2S2/c1-15-5-8-17(9-6-15)26-20-4-2-3-18(20)19-13-16(7-10-21(19)26)14-22-23(28)25(11-12-27)24(29)30-22/h5-10,12-14,18,20H,2-4,11H2,1H3/b22-14-. The fourth-order valence-electron chi connectivity index (χ4n) is 4.89. The van der Waals surface area contributed by atoms with Crippen LogP contribution in [0.15, 0.2) is 47.4 Å². The van der Waals surface area contributed by atoms with Gasteiger partial charge >= 0.3 is 0 Å². The maximum atomic E-state index is 12.6. The lowest BCUT2D eigenvalue weighted by molar-refractivity contribution is -0.124. The van der Waals surface area contributed by atoms with Gasteiger partial charge in [-0.25, -0.2) is 0 Å². The average Bonchev–Trinajstić information content (AvgIpc) is 3.39. The van der Waals surface area contributed by atoms with Crippen molar-refractivity contribution in [1.82, 2.24) is 4.90 Å². The molecule has 4 nitrogen and oxygen atoms in total. The van der Waals surface area contributed by atoms with Gasteiger partial charge in [0.05, 0.1) is 11.4 Å². The Morgan fingerprint density at radius 2 is 1.97 bits per heavy atom. The second kappa shape index (κ2) is 7.67. The zero-order valence-corrected chi connectivity index (χ0v) is 18.3. The van der Waals surface area contributed by atoms with E-state index in [1.54, 1.807) is 0 Å². The normalized spacial score (nSPS) is 24.0. The molecule has 0 N–H and O–H groups in total. The first-order valence-corrected chi connectivity index (χ1v) is 11.5. The number of rotatable bonds is 4. The summed E-state index contributed by atoms with van der Waals surface area (Å²) in [5.74, 6) is 0.344. The van der Waals surface area contributed by atoms with Crippen molar-refractivity contribution in [2.24, 2.45) is 0 Å². The van der Waals surface area contributed by atoms with E-state index in [0.717, 1.165) is 5.56 Å². The molecule has 2 atom stereocenters. The van der Waals surface area contributed by atoms with Gasteiger partial charge in [-0.05, 0) is 61.2 Å². The Kier molecular flexibility index (Phi) is 4.99. The zero-order chi connectivity index (χ0) is 20.8. The molecule has 1 aliphatic carbocycles. The highest BCUT2D eigenvalue weighted by molar-refractivity contribution is 8.26. The molecule has 0 aromatic heterocycles. The van der Waals surface area contributed by atoms with E-state index in [1.165, 1.54) is 58.4 Å². The van der Waals surface area contributed by atoms with E-state index in [0.29, 0.717) is 27.5 Å². The molecule has 2 aliphatic heterocycles. The van der Waals surface area contributed by atoms with Gasteiger partial charge in [-0.15, -0.1) is 0 Å². The van der Waals surface area contributed by atoms with Gasteiger partial charge in [0.15, 0.2) is 0 Å². The summed E-state index contributed by atoms with van der Waals surface area (Å²) < 4.78 is 0.445. The molecule has 2 heterocycles. The van der Waals surface area contributed by atoms with Crippen LogP contribution < -0.4 is 4.90 Å². The molecule has 1 amide bonds. The molecule has 1 saturated carbocycles. The Morgan fingerprint density at radius 1 is 1.17 bits per heavy atom. The van der Waals surface area contributed by atoms with Crippen LogP contribution in [0.5, 0.6) is 0 Å². The highest BCUT2D eigenvalue weighted by Crippen LogP contribution is 2.52. The number of thioether (sulfide) groups is 1. The van der Waals surface area contributed by atoms with Crippen LogP contribution in [-0.2, 0) is 9.59 Å². The minimum Gasteiger partial charge on any atom is -0.338 e. The fourth-order valence-corrected chi connectivity index (χ4v) is 6.16. The van der Waals surface area contributed by atoms with Crippen molar-refractivity contribution >= 4 is 57.9 Å². The second-order valence-corrected chi connectivity index (χ2v) is 9.76. The van der Waals surface area contributed by atoms with Gasteiger partial charge in [0.25, 0.3) is 5.91 Å². The van der Waals surface area contributed by atoms with Crippen LogP contribution in [0.4, 0.5) is 11.4 Å². The van der Waals surface area contributed by atoms with Gasteiger partial charge in [0, 0.05) is 23.3 Å². The van der Waals surface area contributed by atoms with E-state index < -0.39 is 0 Å². The van der Waals surface area contributed by atoms with Gasteiger partial charge in [-0.2, -0.15) is 0 Å². The second-order valence-electron chi connectivity index (χ2n) is 8.09. The van der Waals surface area contributed by atoms with Gasteiger partial charge in [-0.1, -0.05) is 54.2 Å². The largest absolute Gasteiger partial charge is 0.338 e. The molecule has 2 unspecified atom stereocenters. The van der Waals surface area contributed by atoms with Gasteiger partial charge in [-0.3, -0.25) is 9.69 Å². The van der Waals surface area contributed by atoms with Gasteiger partial charge < -0.3 is 9.69 Å². The van der Waals surface area contributed by atoms with Crippen LogP contribution in [0, 0.1) is 6.92 Å². The monoisotopic (exact) mass is 434 g/mol. The van der Waals surface area contributed by atoms with Crippen molar-refractivity contribution in [2.45, 2.75) is 38.1 Å². The Balaban J connectivity index is 1.50. The van der Waals surface area contributed by atoms with E-state index in [-0.39, 0.29) is 12.5 Å². The Labute approximate surface area is 185 Å². The van der Waals surface area contributed by atoms with E-state index in [4.69, 9.17) is 12.2 Å². The van der Waals surface area contributed by atoms with Crippen LogP contribution in [-0.4, -0.2) is 34.0 Å². The molecule has 2 aromatic rings. The first-order valence-electron chi connectivity index (χ1n) is 10.3. The van der Waals surface area contributed by atoms with E-state index in [2.05, 4.69) is 54.3 Å². The summed E-state index contributed by atoms with van der Waals surface area (Å²) >= 11 is 6.52. The maximum Gasteiger partial charge on any atom is 0.266 e. The zero-order valence-electron chi connectivity index (χ0n) is 16.7. The van der Waals surface area contributed by atoms with Crippen LogP contribution in [0.1, 0.15) is 41.9 Å². The number of carbonyl (C=O) groups is 2. The number of aryl methyl sites for hydroxylation is 1. The van der Waals surface area contributed by atoms with E-state index in [9.17, 15) is 9.59 Å². The summed E-state index contributed by atoms with van der Waals surface area (Å²) in [7, 11) is 0. The van der Waals surface area contributed by atoms with Crippen molar-refractivity contribution < 1.29 is 9.59 Å². The molecule has 0 bridgehead atoms. The van der Waals surface area contributed by atoms with Crippen molar-refractivity contribution in [3.63, 3.8) is 0 Å². The minimum absolute atomic E-state index is 0.0153. The number of carbonyl (C=O) groups excluding carboxylic acids is 2. The van der Waals surface area contributed by atoms with E-state index >= 15 is 0 Å². The highest BCUT2D eigenvalue weighted by Gasteiger charge is 2.42. The lowest BCUT2D eigenvalue weighted by Gasteiger charge is -2.27. The first kappa shape index (κ1) is 19.5. The van der Waals surface area contributed by atoms with Crippen LogP contribution in [0.3, 0.4) is 0 Å². The number of hydrogen-bond donors (Lipinski definition) is 0. The summed E-state index contributed by atoms with van der Waals surface area (Å²) in [6, 6.07) is 15.8. The smallest absolute Gasteiger partial charge is 0.266 e. The number of benzene rings is 2. The molecular formula is C24H22N2O2S2. The number of nitrogens with zero attached hydrogens (tertiary/aromatic N) is 2.